The van der Waals surface area contributed by atoms with Crippen LogP contribution in [0.5, 0.6) is 0 Å². The summed E-state index contributed by atoms with van der Waals surface area (Å²) in [5.41, 5.74) is 1.19. The van der Waals surface area contributed by atoms with Crippen LogP contribution >= 0.6 is 22.9 Å². The van der Waals surface area contributed by atoms with Gasteiger partial charge in [0.2, 0.25) is 0 Å². The minimum Gasteiger partial charge on any atom is -0.292 e. The van der Waals surface area contributed by atoms with Crippen molar-refractivity contribution in [3.8, 4) is 17.3 Å². The predicted molar refractivity (Wildman–Crippen MR) is 98.3 cm³/mol. The van der Waals surface area contributed by atoms with E-state index in [0.717, 1.165) is 11.6 Å². The van der Waals surface area contributed by atoms with E-state index in [9.17, 15) is 20.2 Å². The quantitative estimate of drug-likeness (QED) is 0.356. The largest absolute Gasteiger partial charge is 0.292 e. The third kappa shape index (κ3) is 3.47. The van der Waals surface area contributed by atoms with Crippen LogP contribution in [0.4, 0.5) is 5.69 Å². The third-order valence-electron chi connectivity index (χ3n) is 3.66. The zero-order valence-electron chi connectivity index (χ0n) is 13.1. The van der Waals surface area contributed by atoms with E-state index in [0.29, 0.717) is 10.7 Å². The fourth-order valence-electron chi connectivity index (χ4n) is 2.36. The number of aromatic nitrogens is 1. The molecule has 2 aromatic carbocycles. The number of non-ortho nitro benzene ring substituents is 1. The molecule has 1 heterocycles. The van der Waals surface area contributed by atoms with Crippen LogP contribution in [0.1, 0.15) is 21.3 Å². The van der Waals surface area contributed by atoms with Gasteiger partial charge in [-0.1, -0.05) is 41.9 Å². The molecular formula is C18H10ClN3O3S. The van der Waals surface area contributed by atoms with Crippen LogP contribution < -0.4 is 0 Å². The van der Waals surface area contributed by atoms with Crippen LogP contribution in [0.15, 0.2) is 53.9 Å². The van der Waals surface area contributed by atoms with Crippen molar-refractivity contribution in [1.82, 2.24) is 4.98 Å². The molecule has 0 saturated heterocycles. The Hall–Kier alpha value is -3.08. The van der Waals surface area contributed by atoms with Gasteiger partial charge < -0.3 is 0 Å². The van der Waals surface area contributed by atoms with Crippen molar-refractivity contribution in [2.45, 2.75) is 5.92 Å². The van der Waals surface area contributed by atoms with Crippen molar-refractivity contribution < 1.29 is 9.72 Å². The molecule has 1 unspecified atom stereocenters. The number of carbonyl (C=O) groups excluding carboxylic acids is 1. The molecule has 0 aliphatic rings. The number of benzene rings is 2. The standard InChI is InChI=1S/C18H10ClN3O3S/c19-15-7-6-12(22(24)25)8-13(15)17(23)14(9-20)18-21-16(10-26-18)11-4-2-1-3-5-11/h1-8,10,14H. The summed E-state index contributed by atoms with van der Waals surface area (Å²) in [6.45, 7) is 0. The Bertz CT molecular complexity index is 1030. The second kappa shape index (κ2) is 7.44. The topological polar surface area (TPSA) is 96.9 Å². The molecule has 0 aliphatic heterocycles. The number of Topliss-reactive ketones (excluding diaryl/α,β-unsaturated/α-hetero) is 1. The van der Waals surface area contributed by atoms with Crippen molar-refractivity contribution in [3.63, 3.8) is 0 Å². The minimum atomic E-state index is -1.18. The zero-order valence-corrected chi connectivity index (χ0v) is 14.7. The monoisotopic (exact) mass is 383 g/mol. The van der Waals surface area contributed by atoms with E-state index < -0.39 is 16.6 Å². The maximum Gasteiger partial charge on any atom is 0.270 e. The summed E-state index contributed by atoms with van der Waals surface area (Å²) in [6, 6.07) is 14.9. The maximum absolute atomic E-state index is 12.8. The Kier molecular flexibility index (Phi) is 5.07. The first-order chi connectivity index (χ1) is 12.5. The average Bonchev–Trinajstić information content (AvgIpc) is 3.13. The van der Waals surface area contributed by atoms with Gasteiger partial charge in [0.15, 0.2) is 11.7 Å². The number of nitro benzene ring substituents is 1. The zero-order chi connectivity index (χ0) is 18.7. The molecule has 6 nitrogen and oxygen atoms in total. The summed E-state index contributed by atoms with van der Waals surface area (Å²) in [5, 5.41) is 22.5. The Morgan fingerprint density at radius 3 is 2.65 bits per heavy atom. The number of carbonyl (C=O) groups is 1. The number of nitro groups is 1. The maximum atomic E-state index is 12.8. The average molecular weight is 384 g/mol. The number of halogens is 1. The van der Waals surface area contributed by atoms with Crippen LogP contribution in [-0.2, 0) is 0 Å². The van der Waals surface area contributed by atoms with Crippen LogP contribution in [0, 0.1) is 21.4 Å². The second-order valence-corrected chi connectivity index (χ2v) is 6.58. The van der Waals surface area contributed by atoms with Crippen molar-refractivity contribution in [1.29, 1.82) is 5.26 Å². The van der Waals surface area contributed by atoms with Gasteiger partial charge in [0.1, 0.15) is 5.01 Å². The van der Waals surface area contributed by atoms with E-state index in [1.807, 2.05) is 36.4 Å². The number of thiazole rings is 1. The fraction of sp³-hybridized carbons (Fsp3) is 0.0556. The van der Waals surface area contributed by atoms with Crippen molar-refractivity contribution in [3.05, 3.63) is 79.6 Å². The van der Waals surface area contributed by atoms with E-state index in [4.69, 9.17) is 11.6 Å². The van der Waals surface area contributed by atoms with Gasteiger partial charge in [-0.15, -0.1) is 11.3 Å². The molecule has 3 aromatic rings. The van der Waals surface area contributed by atoms with Crippen molar-refractivity contribution >= 4 is 34.4 Å². The Morgan fingerprint density at radius 2 is 2.00 bits per heavy atom. The first kappa shape index (κ1) is 17.7. The van der Waals surface area contributed by atoms with Crippen LogP contribution in [0.2, 0.25) is 5.02 Å². The normalized spacial score (nSPS) is 11.5. The van der Waals surface area contributed by atoms with Crippen LogP contribution in [0.25, 0.3) is 11.3 Å². The lowest BCUT2D eigenvalue weighted by atomic mass is 9.99. The van der Waals surface area contributed by atoms with Crippen LogP contribution in [-0.4, -0.2) is 15.7 Å². The number of hydrogen-bond acceptors (Lipinski definition) is 6. The number of ketones is 1. The molecule has 0 fully saturated rings. The molecule has 0 bridgehead atoms. The minimum absolute atomic E-state index is 0.0562. The Labute approximate surface area is 157 Å². The number of rotatable bonds is 5. The lowest BCUT2D eigenvalue weighted by Crippen LogP contribution is -2.12. The molecule has 26 heavy (non-hydrogen) atoms. The fourth-order valence-corrected chi connectivity index (χ4v) is 3.44. The highest BCUT2D eigenvalue weighted by Gasteiger charge is 2.28. The molecule has 1 aromatic heterocycles. The molecule has 0 amide bonds. The molecule has 1 atom stereocenters. The van der Waals surface area contributed by atoms with Gasteiger partial charge >= 0.3 is 0 Å². The third-order valence-corrected chi connectivity index (χ3v) is 4.90. The Morgan fingerprint density at radius 1 is 1.27 bits per heavy atom. The molecule has 0 aliphatic carbocycles. The van der Waals surface area contributed by atoms with E-state index >= 15 is 0 Å². The number of nitrogens with zero attached hydrogens (tertiary/aromatic N) is 3. The van der Waals surface area contributed by atoms with Gasteiger partial charge in [-0.05, 0) is 6.07 Å². The van der Waals surface area contributed by atoms with E-state index in [1.165, 1.54) is 23.5 Å². The lowest BCUT2D eigenvalue weighted by Gasteiger charge is -2.07. The van der Waals surface area contributed by atoms with Gasteiger partial charge in [0.05, 0.1) is 21.7 Å². The first-order valence-corrected chi connectivity index (χ1v) is 8.65. The van der Waals surface area contributed by atoms with Gasteiger partial charge in [-0.2, -0.15) is 5.26 Å². The van der Waals surface area contributed by atoms with E-state index in [2.05, 4.69) is 4.98 Å². The second-order valence-electron chi connectivity index (χ2n) is 5.28. The van der Waals surface area contributed by atoms with Gasteiger partial charge in [0.25, 0.3) is 5.69 Å². The number of nitriles is 1. The lowest BCUT2D eigenvalue weighted by molar-refractivity contribution is -0.384. The van der Waals surface area contributed by atoms with Crippen molar-refractivity contribution in [2.75, 3.05) is 0 Å². The van der Waals surface area contributed by atoms with E-state index in [-0.39, 0.29) is 16.3 Å². The number of hydrogen-bond donors (Lipinski definition) is 0. The highest BCUT2D eigenvalue weighted by Crippen LogP contribution is 2.31. The highest BCUT2D eigenvalue weighted by atomic mass is 35.5. The van der Waals surface area contributed by atoms with Crippen LogP contribution in [0.3, 0.4) is 0 Å². The molecule has 0 N–H and O–H groups in total. The smallest absolute Gasteiger partial charge is 0.270 e. The first-order valence-electron chi connectivity index (χ1n) is 7.40. The molecule has 0 spiro atoms. The van der Waals surface area contributed by atoms with Gasteiger partial charge in [-0.25, -0.2) is 4.98 Å². The summed E-state index contributed by atoms with van der Waals surface area (Å²) >= 11 is 7.20. The summed E-state index contributed by atoms with van der Waals surface area (Å²) in [5.74, 6) is -1.80. The summed E-state index contributed by atoms with van der Waals surface area (Å²) in [7, 11) is 0. The molecular weight excluding hydrogens is 374 g/mol. The van der Waals surface area contributed by atoms with Gasteiger partial charge in [-0.3, -0.25) is 14.9 Å². The predicted octanol–water partition coefficient (Wildman–Crippen LogP) is 4.86. The summed E-state index contributed by atoms with van der Waals surface area (Å²) in [4.78, 5) is 27.5. The van der Waals surface area contributed by atoms with E-state index in [1.54, 1.807) is 5.38 Å². The SMILES string of the molecule is N#CC(C(=O)c1cc([N+](=O)[O-])ccc1Cl)c1nc(-c2ccccc2)cs1. The van der Waals surface area contributed by atoms with Crippen molar-refractivity contribution in [2.24, 2.45) is 0 Å². The highest BCUT2D eigenvalue weighted by molar-refractivity contribution is 7.10. The molecule has 8 heteroatoms. The summed E-state index contributed by atoms with van der Waals surface area (Å²) in [6.07, 6.45) is 0. The summed E-state index contributed by atoms with van der Waals surface area (Å²) < 4.78 is 0. The Balaban J connectivity index is 1.96. The molecule has 128 valence electrons. The molecule has 0 saturated carbocycles. The molecule has 3 rings (SSSR count). The van der Waals surface area contributed by atoms with Gasteiger partial charge in [0, 0.05) is 28.6 Å². The molecule has 0 radical (unpaired) electrons.